The van der Waals surface area contributed by atoms with E-state index in [-0.39, 0.29) is 33.9 Å². The molecule has 1 unspecified atom stereocenters. The summed E-state index contributed by atoms with van der Waals surface area (Å²) in [5.41, 5.74) is 0.273. The normalized spacial score (nSPS) is 12.9. The number of carboxylic acid groups (broad SMARTS) is 1. The maximum Gasteiger partial charge on any atom is 0.321 e. The van der Waals surface area contributed by atoms with Gasteiger partial charge in [-0.15, -0.1) is 0 Å². The summed E-state index contributed by atoms with van der Waals surface area (Å²) in [5.74, 6) is -1.59. The van der Waals surface area contributed by atoms with Gasteiger partial charge in [-0.1, -0.05) is 25.4 Å². The third kappa shape index (κ3) is 5.81. The Morgan fingerprint density at radius 2 is 1.91 bits per heavy atom. The molecule has 0 radical (unpaired) electrons. The van der Waals surface area contributed by atoms with Gasteiger partial charge in [-0.05, 0) is 30.5 Å². The lowest BCUT2D eigenvalue weighted by molar-refractivity contribution is -0.139. The van der Waals surface area contributed by atoms with Crippen LogP contribution in [0.15, 0.2) is 23.1 Å². The van der Waals surface area contributed by atoms with E-state index < -0.39 is 22.0 Å². The summed E-state index contributed by atoms with van der Waals surface area (Å²) >= 11 is 5.94. The van der Waals surface area contributed by atoms with Crippen LogP contribution in [0.3, 0.4) is 0 Å². The largest absolute Gasteiger partial charge is 0.480 e. The maximum absolute atomic E-state index is 12.3. The van der Waals surface area contributed by atoms with Crippen LogP contribution in [0.4, 0.5) is 5.69 Å². The zero-order valence-electron chi connectivity index (χ0n) is 13.0. The standard InChI is InChI=1S/C14H19ClN2O5S/c1-8(2)6-13(14(19)20)17-23(21,22)10-4-5-12(11(15)7-10)16-9(3)18/h4-5,7-8,13,17H,6H2,1-3H3,(H,16,18)(H,19,20). The summed E-state index contributed by atoms with van der Waals surface area (Å²) in [6.45, 7) is 4.89. The molecule has 0 spiro atoms. The number of benzene rings is 1. The van der Waals surface area contributed by atoms with Crippen LogP contribution in [-0.2, 0) is 19.6 Å². The highest BCUT2D eigenvalue weighted by molar-refractivity contribution is 7.89. The molecule has 0 saturated heterocycles. The number of carbonyl (C=O) groups excluding carboxylic acids is 1. The fraction of sp³-hybridized carbons (Fsp3) is 0.429. The highest BCUT2D eigenvalue weighted by Crippen LogP contribution is 2.25. The van der Waals surface area contributed by atoms with Crippen molar-refractivity contribution in [1.82, 2.24) is 4.72 Å². The number of aliphatic carboxylic acids is 1. The van der Waals surface area contributed by atoms with Gasteiger partial charge < -0.3 is 10.4 Å². The Bertz CT molecular complexity index is 703. The Balaban J connectivity index is 3.05. The number of rotatable bonds is 7. The first-order valence-electron chi connectivity index (χ1n) is 6.85. The van der Waals surface area contributed by atoms with E-state index in [9.17, 15) is 18.0 Å². The molecule has 3 N–H and O–H groups in total. The van der Waals surface area contributed by atoms with Gasteiger partial charge in [-0.3, -0.25) is 9.59 Å². The number of hydrogen-bond acceptors (Lipinski definition) is 4. The minimum Gasteiger partial charge on any atom is -0.480 e. The van der Waals surface area contributed by atoms with E-state index >= 15 is 0 Å². The summed E-state index contributed by atoms with van der Waals surface area (Å²) in [6, 6.07) is 2.52. The molecular formula is C14H19ClN2O5S. The number of carboxylic acids is 1. The summed E-state index contributed by atoms with van der Waals surface area (Å²) in [7, 11) is -4.05. The van der Waals surface area contributed by atoms with Crippen molar-refractivity contribution in [2.45, 2.75) is 38.1 Å². The molecule has 0 saturated carbocycles. The Labute approximate surface area is 140 Å². The third-order valence-electron chi connectivity index (χ3n) is 2.86. The van der Waals surface area contributed by atoms with E-state index in [0.717, 1.165) is 6.07 Å². The van der Waals surface area contributed by atoms with Gasteiger partial charge in [-0.2, -0.15) is 4.72 Å². The quantitative estimate of drug-likeness (QED) is 0.687. The molecular weight excluding hydrogens is 344 g/mol. The third-order valence-corrected chi connectivity index (χ3v) is 4.65. The van der Waals surface area contributed by atoms with Gasteiger partial charge in [-0.25, -0.2) is 8.42 Å². The minimum absolute atomic E-state index is 0.00419. The second-order valence-electron chi connectivity index (χ2n) is 5.46. The average Bonchev–Trinajstić information content (AvgIpc) is 2.38. The summed E-state index contributed by atoms with van der Waals surface area (Å²) < 4.78 is 26.7. The average molecular weight is 363 g/mol. The van der Waals surface area contributed by atoms with Crippen molar-refractivity contribution in [3.8, 4) is 0 Å². The van der Waals surface area contributed by atoms with Crippen LogP contribution >= 0.6 is 11.6 Å². The number of amides is 1. The predicted molar refractivity (Wildman–Crippen MR) is 87.0 cm³/mol. The van der Waals surface area contributed by atoms with Crippen molar-refractivity contribution in [3.05, 3.63) is 23.2 Å². The van der Waals surface area contributed by atoms with Crippen LogP contribution in [0.1, 0.15) is 27.2 Å². The van der Waals surface area contributed by atoms with Gasteiger partial charge in [0, 0.05) is 6.92 Å². The molecule has 1 amide bonds. The number of carbonyl (C=O) groups is 2. The zero-order chi connectivity index (χ0) is 17.8. The molecule has 0 aliphatic carbocycles. The van der Waals surface area contributed by atoms with E-state index in [1.807, 2.05) is 0 Å². The molecule has 1 aromatic rings. The summed E-state index contributed by atoms with van der Waals surface area (Å²) in [4.78, 5) is 22.0. The Kier molecular flexibility index (Phi) is 6.55. The molecule has 1 atom stereocenters. The van der Waals surface area contributed by atoms with Crippen LogP contribution in [0.2, 0.25) is 5.02 Å². The van der Waals surface area contributed by atoms with Crippen LogP contribution in [0.5, 0.6) is 0 Å². The van der Waals surface area contributed by atoms with Gasteiger partial charge >= 0.3 is 5.97 Å². The first-order chi connectivity index (χ1) is 10.5. The first-order valence-corrected chi connectivity index (χ1v) is 8.71. The van der Waals surface area contributed by atoms with Gasteiger partial charge in [0.15, 0.2) is 0 Å². The number of anilines is 1. The van der Waals surface area contributed by atoms with E-state index in [0.29, 0.717) is 0 Å². The minimum atomic E-state index is -4.05. The summed E-state index contributed by atoms with van der Waals surface area (Å²) in [6.07, 6.45) is 0.159. The van der Waals surface area contributed by atoms with Gasteiger partial charge in [0.25, 0.3) is 0 Å². The lowest BCUT2D eigenvalue weighted by Gasteiger charge is -2.17. The monoisotopic (exact) mass is 362 g/mol. The number of nitrogens with one attached hydrogen (secondary N) is 2. The molecule has 0 fully saturated rings. The van der Waals surface area contributed by atoms with Crippen molar-refractivity contribution in [2.24, 2.45) is 5.92 Å². The van der Waals surface area contributed by atoms with Crippen LogP contribution in [0.25, 0.3) is 0 Å². The van der Waals surface area contributed by atoms with Crippen LogP contribution < -0.4 is 10.0 Å². The van der Waals surface area contributed by atoms with E-state index in [4.69, 9.17) is 16.7 Å². The smallest absolute Gasteiger partial charge is 0.321 e. The Morgan fingerprint density at radius 1 is 1.30 bits per heavy atom. The molecule has 0 bridgehead atoms. The Hall–Kier alpha value is -1.64. The van der Waals surface area contributed by atoms with E-state index in [2.05, 4.69) is 10.0 Å². The van der Waals surface area contributed by atoms with Crippen LogP contribution in [0, 0.1) is 5.92 Å². The van der Waals surface area contributed by atoms with Crippen molar-refractivity contribution >= 4 is 39.2 Å². The molecule has 9 heteroatoms. The van der Waals surface area contributed by atoms with Crippen LogP contribution in [-0.4, -0.2) is 31.4 Å². The molecule has 0 aliphatic heterocycles. The first kappa shape index (κ1) is 19.4. The van der Waals surface area contributed by atoms with Crippen molar-refractivity contribution in [3.63, 3.8) is 0 Å². The highest BCUT2D eigenvalue weighted by atomic mass is 35.5. The molecule has 0 heterocycles. The highest BCUT2D eigenvalue weighted by Gasteiger charge is 2.26. The summed E-state index contributed by atoms with van der Waals surface area (Å²) in [5, 5.41) is 11.6. The van der Waals surface area contributed by atoms with Gasteiger partial charge in [0.1, 0.15) is 6.04 Å². The molecule has 1 aromatic carbocycles. The maximum atomic E-state index is 12.3. The van der Waals surface area contributed by atoms with Crippen molar-refractivity contribution < 1.29 is 23.1 Å². The molecule has 0 aliphatic rings. The lowest BCUT2D eigenvalue weighted by atomic mass is 10.1. The topological polar surface area (TPSA) is 113 Å². The zero-order valence-corrected chi connectivity index (χ0v) is 14.5. The predicted octanol–water partition coefficient (Wildman–Crippen LogP) is 2.08. The van der Waals surface area contributed by atoms with E-state index in [1.54, 1.807) is 13.8 Å². The molecule has 0 aromatic heterocycles. The number of sulfonamides is 1. The van der Waals surface area contributed by atoms with Gasteiger partial charge in [0.05, 0.1) is 15.6 Å². The molecule has 23 heavy (non-hydrogen) atoms. The van der Waals surface area contributed by atoms with E-state index in [1.165, 1.54) is 19.1 Å². The van der Waals surface area contributed by atoms with Crippen molar-refractivity contribution in [2.75, 3.05) is 5.32 Å². The molecule has 1 rings (SSSR count). The molecule has 7 nitrogen and oxygen atoms in total. The fourth-order valence-electron chi connectivity index (χ4n) is 1.88. The molecule has 128 valence electrons. The van der Waals surface area contributed by atoms with Crippen molar-refractivity contribution in [1.29, 1.82) is 0 Å². The Morgan fingerprint density at radius 3 is 2.35 bits per heavy atom. The number of halogens is 1. The fourth-order valence-corrected chi connectivity index (χ4v) is 3.40. The second-order valence-corrected chi connectivity index (χ2v) is 7.59. The lowest BCUT2D eigenvalue weighted by Crippen LogP contribution is -2.41. The number of hydrogen-bond donors (Lipinski definition) is 3. The second kappa shape index (κ2) is 7.76. The van der Waals surface area contributed by atoms with Gasteiger partial charge in [0.2, 0.25) is 15.9 Å². The SMILES string of the molecule is CC(=O)Nc1ccc(S(=O)(=O)NC(CC(C)C)C(=O)O)cc1Cl.